The summed E-state index contributed by atoms with van der Waals surface area (Å²) in [4.78, 5) is 10.8. The van der Waals surface area contributed by atoms with Crippen LogP contribution >= 0.6 is 15.9 Å². The Morgan fingerprint density at radius 2 is 2.29 bits per heavy atom. The third kappa shape index (κ3) is 2.87. The number of piperidine rings is 1. The molecule has 1 fully saturated rings. The molecule has 1 atom stereocenters. The number of methoxy groups -OCH3 is 2. The zero-order valence-corrected chi connectivity index (χ0v) is 11.6. The summed E-state index contributed by atoms with van der Waals surface area (Å²) in [7, 11) is 3.35. The van der Waals surface area contributed by atoms with Gasteiger partial charge in [-0.2, -0.15) is 4.98 Å². The van der Waals surface area contributed by atoms with E-state index >= 15 is 0 Å². The lowest BCUT2D eigenvalue weighted by atomic mass is 10.1. The average molecular weight is 302 g/mol. The maximum atomic E-state index is 5.39. The Kier molecular flexibility index (Phi) is 4.17. The Bertz CT molecular complexity index is 389. The molecule has 2 rings (SSSR count). The molecule has 0 aliphatic carbocycles. The van der Waals surface area contributed by atoms with E-state index in [0.717, 1.165) is 30.4 Å². The average Bonchev–Trinajstić information content (AvgIpc) is 2.39. The number of anilines is 1. The van der Waals surface area contributed by atoms with E-state index in [2.05, 4.69) is 30.8 Å². The van der Waals surface area contributed by atoms with E-state index in [-0.39, 0.29) is 6.10 Å². The van der Waals surface area contributed by atoms with E-state index < -0.39 is 0 Å². The molecule has 1 aliphatic heterocycles. The standard InChI is InChI=1S/C11H16BrN3O2/c1-16-8-4-3-5-15(7-8)11-13-6-9(12)10(14-11)17-2/h6,8H,3-5,7H2,1-2H3. The molecule has 0 N–H and O–H groups in total. The Hall–Kier alpha value is -0.880. The smallest absolute Gasteiger partial charge is 0.232 e. The van der Waals surface area contributed by atoms with Gasteiger partial charge in [0, 0.05) is 20.2 Å². The molecule has 0 bridgehead atoms. The number of nitrogens with zero attached hydrogens (tertiary/aromatic N) is 3. The van der Waals surface area contributed by atoms with Crippen LogP contribution in [0.25, 0.3) is 0 Å². The molecule has 17 heavy (non-hydrogen) atoms. The molecule has 1 aromatic rings. The van der Waals surface area contributed by atoms with Crippen molar-refractivity contribution in [2.24, 2.45) is 0 Å². The van der Waals surface area contributed by atoms with Crippen molar-refractivity contribution in [2.45, 2.75) is 18.9 Å². The van der Waals surface area contributed by atoms with Crippen LogP contribution < -0.4 is 9.64 Å². The van der Waals surface area contributed by atoms with Gasteiger partial charge in [-0.25, -0.2) is 4.98 Å². The Morgan fingerprint density at radius 3 is 3.00 bits per heavy atom. The van der Waals surface area contributed by atoms with E-state index in [1.165, 1.54) is 0 Å². The first-order valence-corrected chi connectivity index (χ1v) is 6.38. The van der Waals surface area contributed by atoms with E-state index in [4.69, 9.17) is 9.47 Å². The fourth-order valence-corrected chi connectivity index (χ4v) is 2.30. The number of rotatable bonds is 3. The van der Waals surface area contributed by atoms with Gasteiger partial charge in [0.15, 0.2) is 0 Å². The number of ether oxygens (including phenoxy) is 2. The molecule has 5 nitrogen and oxygen atoms in total. The van der Waals surface area contributed by atoms with Crippen molar-refractivity contribution in [1.82, 2.24) is 9.97 Å². The highest BCUT2D eigenvalue weighted by atomic mass is 79.9. The predicted octanol–water partition coefficient (Wildman–Crippen LogP) is 1.86. The molecule has 1 saturated heterocycles. The minimum absolute atomic E-state index is 0.266. The molecule has 1 aromatic heterocycles. The summed E-state index contributed by atoms with van der Waals surface area (Å²) in [5.41, 5.74) is 0. The molecule has 0 spiro atoms. The number of hydrogen-bond acceptors (Lipinski definition) is 5. The van der Waals surface area contributed by atoms with Crippen molar-refractivity contribution in [2.75, 3.05) is 32.2 Å². The maximum Gasteiger partial charge on any atom is 0.232 e. The molecule has 6 heteroatoms. The Labute approximate surface area is 109 Å². The van der Waals surface area contributed by atoms with Gasteiger partial charge in [0.05, 0.1) is 23.9 Å². The van der Waals surface area contributed by atoms with E-state index in [1.807, 2.05) is 0 Å². The van der Waals surface area contributed by atoms with Crippen molar-refractivity contribution >= 4 is 21.9 Å². The van der Waals surface area contributed by atoms with Gasteiger partial charge < -0.3 is 14.4 Å². The highest BCUT2D eigenvalue weighted by Gasteiger charge is 2.22. The van der Waals surface area contributed by atoms with Crippen molar-refractivity contribution in [3.05, 3.63) is 10.7 Å². The number of aromatic nitrogens is 2. The van der Waals surface area contributed by atoms with Crippen LogP contribution in [0.3, 0.4) is 0 Å². The fraction of sp³-hybridized carbons (Fsp3) is 0.636. The maximum absolute atomic E-state index is 5.39. The van der Waals surface area contributed by atoms with E-state index in [0.29, 0.717) is 11.8 Å². The Morgan fingerprint density at radius 1 is 1.47 bits per heavy atom. The first-order valence-electron chi connectivity index (χ1n) is 5.59. The van der Waals surface area contributed by atoms with Crippen molar-refractivity contribution in [1.29, 1.82) is 0 Å². The van der Waals surface area contributed by atoms with Crippen LogP contribution in [-0.2, 0) is 4.74 Å². The summed E-state index contributed by atoms with van der Waals surface area (Å²) >= 11 is 3.35. The van der Waals surface area contributed by atoms with Crippen LogP contribution in [0.5, 0.6) is 5.88 Å². The quantitative estimate of drug-likeness (QED) is 0.853. The lowest BCUT2D eigenvalue weighted by Gasteiger charge is -2.31. The molecule has 94 valence electrons. The van der Waals surface area contributed by atoms with Gasteiger partial charge in [-0.3, -0.25) is 0 Å². The molecule has 0 radical (unpaired) electrons. The van der Waals surface area contributed by atoms with Crippen LogP contribution in [0.15, 0.2) is 10.7 Å². The number of halogens is 1. The zero-order chi connectivity index (χ0) is 12.3. The second-order valence-corrected chi connectivity index (χ2v) is 4.83. The number of hydrogen-bond donors (Lipinski definition) is 0. The van der Waals surface area contributed by atoms with Crippen LogP contribution in [0.1, 0.15) is 12.8 Å². The van der Waals surface area contributed by atoms with Crippen molar-refractivity contribution in [3.8, 4) is 5.88 Å². The van der Waals surface area contributed by atoms with E-state index in [1.54, 1.807) is 20.4 Å². The van der Waals surface area contributed by atoms with Gasteiger partial charge in [0.1, 0.15) is 0 Å². The van der Waals surface area contributed by atoms with Crippen LogP contribution in [0.2, 0.25) is 0 Å². The summed E-state index contributed by atoms with van der Waals surface area (Å²) in [6.07, 6.45) is 4.18. The normalized spacial score (nSPS) is 20.4. The van der Waals surface area contributed by atoms with Gasteiger partial charge in [0.25, 0.3) is 0 Å². The minimum Gasteiger partial charge on any atom is -0.480 e. The largest absolute Gasteiger partial charge is 0.480 e. The molecule has 0 amide bonds. The molecule has 0 saturated carbocycles. The molecule has 1 unspecified atom stereocenters. The molecule has 1 aliphatic rings. The molecular formula is C11H16BrN3O2. The third-order valence-corrected chi connectivity index (χ3v) is 3.43. The van der Waals surface area contributed by atoms with Crippen LogP contribution in [0, 0.1) is 0 Å². The summed E-state index contributed by atoms with van der Waals surface area (Å²) in [6.45, 7) is 1.80. The first-order chi connectivity index (χ1) is 8.24. The van der Waals surface area contributed by atoms with Gasteiger partial charge in [-0.15, -0.1) is 0 Å². The van der Waals surface area contributed by atoms with Crippen molar-refractivity contribution in [3.63, 3.8) is 0 Å². The summed E-state index contributed by atoms with van der Waals surface area (Å²) in [5.74, 6) is 1.27. The lowest BCUT2D eigenvalue weighted by molar-refractivity contribution is 0.0889. The Balaban J connectivity index is 2.16. The second kappa shape index (κ2) is 5.64. The predicted molar refractivity (Wildman–Crippen MR) is 68.5 cm³/mol. The van der Waals surface area contributed by atoms with Crippen LogP contribution in [-0.4, -0.2) is 43.4 Å². The van der Waals surface area contributed by atoms with Crippen LogP contribution in [0.4, 0.5) is 5.95 Å². The fourth-order valence-electron chi connectivity index (χ4n) is 1.95. The van der Waals surface area contributed by atoms with Crippen molar-refractivity contribution < 1.29 is 9.47 Å². The van der Waals surface area contributed by atoms with Gasteiger partial charge in [-0.05, 0) is 28.8 Å². The zero-order valence-electron chi connectivity index (χ0n) is 10.0. The summed E-state index contributed by atoms with van der Waals surface area (Å²) in [5, 5.41) is 0. The van der Waals surface area contributed by atoms with E-state index in [9.17, 15) is 0 Å². The van der Waals surface area contributed by atoms with Gasteiger partial charge >= 0.3 is 0 Å². The molecular weight excluding hydrogens is 286 g/mol. The lowest BCUT2D eigenvalue weighted by Crippen LogP contribution is -2.40. The second-order valence-electron chi connectivity index (χ2n) is 3.97. The van der Waals surface area contributed by atoms with Gasteiger partial charge in [0.2, 0.25) is 11.8 Å². The highest BCUT2D eigenvalue weighted by molar-refractivity contribution is 9.10. The summed E-state index contributed by atoms with van der Waals surface area (Å²) < 4.78 is 11.3. The monoisotopic (exact) mass is 301 g/mol. The SMILES string of the molecule is COc1nc(N2CCCC(OC)C2)ncc1Br. The summed E-state index contributed by atoms with van der Waals surface area (Å²) in [6, 6.07) is 0. The third-order valence-electron chi connectivity index (χ3n) is 2.89. The molecule has 2 heterocycles. The topological polar surface area (TPSA) is 47.5 Å². The highest BCUT2D eigenvalue weighted by Crippen LogP contribution is 2.25. The first kappa shape index (κ1) is 12.6. The minimum atomic E-state index is 0.266. The van der Waals surface area contributed by atoms with Gasteiger partial charge in [-0.1, -0.05) is 0 Å². The molecule has 0 aromatic carbocycles.